The Morgan fingerprint density at radius 3 is 2.31 bits per heavy atom. The lowest BCUT2D eigenvalue weighted by atomic mass is 10.1. The molecule has 1 heterocycles. The quantitative estimate of drug-likeness (QED) is 0.541. The first-order valence-corrected chi connectivity index (χ1v) is 13.3. The second kappa shape index (κ2) is 11.0. The summed E-state index contributed by atoms with van der Waals surface area (Å²) >= 11 is 0. The van der Waals surface area contributed by atoms with Crippen molar-refractivity contribution in [2.45, 2.75) is 58.0 Å². The van der Waals surface area contributed by atoms with Gasteiger partial charge in [-0.05, 0) is 37.0 Å². The maximum atomic E-state index is 13.4. The Balaban J connectivity index is 1.81. The number of nitrogens with one attached hydrogen (secondary N) is 1. The molecule has 0 unspecified atom stereocenters. The van der Waals surface area contributed by atoms with Crippen LogP contribution in [0.1, 0.15) is 55.1 Å². The summed E-state index contributed by atoms with van der Waals surface area (Å²) in [4.78, 5) is 40.5. The minimum absolute atomic E-state index is 0.0477. The van der Waals surface area contributed by atoms with Crippen LogP contribution in [0, 0.1) is 12.8 Å². The van der Waals surface area contributed by atoms with Crippen LogP contribution in [0.15, 0.2) is 53.4 Å². The van der Waals surface area contributed by atoms with Crippen molar-refractivity contribution in [1.82, 2.24) is 14.5 Å². The van der Waals surface area contributed by atoms with Gasteiger partial charge >= 0.3 is 0 Å². The van der Waals surface area contributed by atoms with E-state index in [-0.39, 0.29) is 41.8 Å². The molecular formula is C26H33N3O5S. The van der Waals surface area contributed by atoms with Gasteiger partial charge in [-0.15, -0.1) is 0 Å². The third-order valence-corrected chi connectivity index (χ3v) is 7.83. The molecule has 0 fully saturated rings. The minimum Gasteiger partial charge on any atom is -0.354 e. The van der Waals surface area contributed by atoms with Crippen molar-refractivity contribution in [1.29, 1.82) is 0 Å². The molecule has 3 amide bonds. The zero-order chi connectivity index (χ0) is 25.8. The zero-order valence-electron chi connectivity index (χ0n) is 20.7. The zero-order valence-corrected chi connectivity index (χ0v) is 21.5. The molecule has 35 heavy (non-hydrogen) atoms. The number of fused-ring (bicyclic) bond motifs is 1. The van der Waals surface area contributed by atoms with E-state index in [0.717, 1.165) is 15.4 Å². The van der Waals surface area contributed by atoms with Gasteiger partial charge in [0, 0.05) is 26.1 Å². The fourth-order valence-electron chi connectivity index (χ4n) is 4.03. The van der Waals surface area contributed by atoms with Crippen LogP contribution in [0.4, 0.5) is 0 Å². The molecule has 0 bridgehead atoms. The Morgan fingerprint density at radius 1 is 1.06 bits per heavy atom. The van der Waals surface area contributed by atoms with E-state index < -0.39 is 27.9 Å². The molecule has 0 aliphatic carbocycles. The van der Waals surface area contributed by atoms with Crippen LogP contribution in [0.3, 0.4) is 0 Å². The number of nitrogens with zero attached hydrogens (tertiary/aromatic N) is 2. The van der Waals surface area contributed by atoms with Crippen molar-refractivity contribution in [2.75, 3.05) is 13.1 Å². The Morgan fingerprint density at radius 2 is 1.71 bits per heavy atom. The molecule has 2 aromatic carbocycles. The fraction of sp³-hybridized carbons (Fsp3) is 0.423. The largest absolute Gasteiger partial charge is 0.354 e. The summed E-state index contributed by atoms with van der Waals surface area (Å²) in [6.45, 7) is 8.17. The van der Waals surface area contributed by atoms with Crippen LogP contribution < -0.4 is 5.32 Å². The van der Waals surface area contributed by atoms with Crippen molar-refractivity contribution in [3.05, 3.63) is 65.2 Å². The van der Waals surface area contributed by atoms with E-state index in [2.05, 4.69) is 5.32 Å². The number of carbonyl (C=O) groups excluding carboxylic acids is 3. The van der Waals surface area contributed by atoms with Gasteiger partial charge < -0.3 is 10.2 Å². The second-order valence-corrected chi connectivity index (χ2v) is 11.0. The van der Waals surface area contributed by atoms with Gasteiger partial charge in [0.2, 0.25) is 11.8 Å². The van der Waals surface area contributed by atoms with Crippen molar-refractivity contribution in [2.24, 2.45) is 5.92 Å². The monoisotopic (exact) mass is 499 g/mol. The molecule has 1 aliphatic rings. The van der Waals surface area contributed by atoms with Crippen LogP contribution in [0.25, 0.3) is 0 Å². The van der Waals surface area contributed by atoms with E-state index in [1.807, 2.05) is 52.0 Å². The topological polar surface area (TPSA) is 104 Å². The molecule has 0 saturated heterocycles. The highest BCUT2D eigenvalue weighted by molar-refractivity contribution is 7.90. The third kappa shape index (κ3) is 5.90. The smallest absolute Gasteiger partial charge is 0.269 e. The molecule has 188 valence electrons. The normalized spacial score (nSPS) is 15.1. The van der Waals surface area contributed by atoms with Gasteiger partial charge in [0.1, 0.15) is 10.9 Å². The molecule has 3 rings (SSSR count). The Hall–Kier alpha value is -3.20. The van der Waals surface area contributed by atoms with Crippen molar-refractivity contribution >= 4 is 27.7 Å². The lowest BCUT2D eigenvalue weighted by molar-refractivity contribution is -0.141. The summed E-state index contributed by atoms with van der Waals surface area (Å²) in [7, 11) is -4.01. The summed E-state index contributed by atoms with van der Waals surface area (Å²) in [5.41, 5.74) is 2.04. The van der Waals surface area contributed by atoms with Gasteiger partial charge in [0.05, 0.1) is 5.56 Å². The first kappa shape index (κ1) is 26.4. The van der Waals surface area contributed by atoms with Gasteiger partial charge in [0.25, 0.3) is 15.9 Å². The summed E-state index contributed by atoms with van der Waals surface area (Å²) in [5, 5.41) is 2.90. The summed E-state index contributed by atoms with van der Waals surface area (Å²) < 4.78 is 26.5. The second-order valence-electron chi connectivity index (χ2n) is 9.20. The van der Waals surface area contributed by atoms with Crippen molar-refractivity contribution in [3.63, 3.8) is 0 Å². The number of carbonyl (C=O) groups is 3. The minimum atomic E-state index is -4.01. The van der Waals surface area contributed by atoms with Crippen LogP contribution >= 0.6 is 0 Å². The number of benzene rings is 2. The lowest BCUT2D eigenvalue weighted by Crippen LogP contribution is -2.50. The predicted molar refractivity (Wildman–Crippen MR) is 133 cm³/mol. The van der Waals surface area contributed by atoms with E-state index in [1.54, 1.807) is 12.1 Å². The Labute approximate surface area is 207 Å². The molecule has 0 radical (unpaired) electrons. The standard InChI is InChI=1S/C26H33N3O5S/c1-5-22(25(31)27-16-18(2)3)28(17-20-12-10-19(4)11-13-20)24(30)14-15-29-26(32)21-8-6-7-9-23(21)35(29,33)34/h6-13,18,22H,5,14-17H2,1-4H3,(H,27,31)/t22-/m0/s1. The average molecular weight is 500 g/mol. The number of rotatable bonds is 10. The van der Waals surface area contributed by atoms with Crippen LogP contribution in [0.2, 0.25) is 0 Å². The van der Waals surface area contributed by atoms with Gasteiger partial charge in [-0.3, -0.25) is 14.4 Å². The first-order chi connectivity index (χ1) is 16.6. The highest BCUT2D eigenvalue weighted by Gasteiger charge is 2.41. The maximum Gasteiger partial charge on any atom is 0.269 e. The molecule has 1 N–H and O–H groups in total. The lowest BCUT2D eigenvalue weighted by Gasteiger charge is -2.31. The molecule has 0 aromatic heterocycles. The molecule has 9 heteroatoms. The van der Waals surface area contributed by atoms with Crippen molar-refractivity contribution in [3.8, 4) is 0 Å². The first-order valence-electron chi connectivity index (χ1n) is 11.8. The fourth-order valence-corrected chi connectivity index (χ4v) is 5.59. The van der Waals surface area contributed by atoms with E-state index in [9.17, 15) is 22.8 Å². The molecule has 0 spiro atoms. The Kier molecular flexibility index (Phi) is 8.32. The number of hydrogen-bond acceptors (Lipinski definition) is 5. The molecular weight excluding hydrogens is 466 g/mol. The molecule has 1 aliphatic heterocycles. The summed E-state index contributed by atoms with van der Waals surface area (Å²) in [6, 6.07) is 13.0. The van der Waals surface area contributed by atoms with Gasteiger partial charge in [0.15, 0.2) is 0 Å². The van der Waals surface area contributed by atoms with E-state index in [4.69, 9.17) is 0 Å². The number of aryl methyl sites for hydroxylation is 1. The van der Waals surface area contributed by atoms with Gasteiger partial charge in [-0.2, -0.15) is 0 Å². The molecule has 0 saturated carbocycles. The van der Waals surface area contributed by atoms with E-state index in [0.29, 0.717) is 13.0 Å². The van der Waals surface area contributed by atoms with Gasteiger partial charge in [-0.25, -0.2) is 12.7 Å². The third-order valence-electron chi connectivity index (χ3n) is 5.98. The van der Waals surface area contributed by atoms with E-state index >= 15 is 0 Å². The van der Waals surface area contributed by atoms with Gasteiger partial charge in [-0.1, -0.05) is 62.7 Å². The van der Waals surface area contributed by atoms with Crippen LogP contribution in [0.5, 0.6) is 0 Å². The average Bonchev–Trinajstić information content (AvgIpc) is 3.02. The molecule has 8 nitrogen and oxygen atoms in total. The Bertz CT molecular complexity index is 1190. The highest BCUT2D eigenvalue weighted by atomic mass is 32.2. The SMILES string of the molecule is CC[C@@H](C(=O)NCC(C)C)N(Cc1ccc(C)cc1)C(=O)CCN1C(=O)c2ccccc2S1(=O)=O. The maximum absolute atomic E-state index is 13.4. The summed E-state index contributed by atoms with van der Waals surface area (Å²) in [6.07, 6.45) is 0.173. The summed E-state index contributed by atoms with van der Waals surface area (Å²) in [5.74, 6) is -1.03. The molecule has 1 atom stereocenters. The highest BCUT2D eigenvalue weighted by Crippen LogP contribution is 2.30. The van der Waals surface area contributed by atoms with E-state index in [1.165, 1.54) is 17.0 Å². The van der Waals surface area contributed by atoms with Crippen LogP contribution in [-0.4, -0.2) is 54.5 Å². The van der Waals surface area contributed by atoms with Crippen LogP contribution in [-0.2, 0) is 26.2 Å². The number of hydrogen-bond donors (Lipinski definition) is 1. The number of sulfonamides is 1. The van der Waals surface area contributed by atoms with Crippen molar-refractivity contribution < 1.29 is 22.8 Å². The predicted octanol–water partition coefficient (Wildman–Crippen LogP) is 3.11. The molecule has 2 aromatic rings. The number of amides is 3.